The van der Waals surface area contributed by atoms with Gasteiger partial charge in [0.05, 0.1) is 0 Å². The molecule has 0 aliphatic heterocycles. The average Bonchev–Trinajstić information content (AvgIpc) is 2.26. The summed E-state index contributed by atoms with van der Waals surface area (Å²) >= 11 is 7.86. The monoisotopic (exact) mass is 275 g/mol. The van der Waals surface area contributed by atoms with Crippen LogP contribution in [0.2, 0.25) is 5.02 Å². The smallest absolute Gasteiger partial charge is 0.124 e. The van der Waals surface area contributed by atoms with Crippen molar-refractivity contribution >= 4 is 23.4 Å². The molecule has 0 amide bonds. The van der Waals surface area contributed by atoms with E-state index in [2.05, 4.69) is 18.5 Å². The predicted molar refractivity (Wildman–Crippen MR) is 75.4 cm³/mol. The molecule has 1 N–H and O–H groups in total. The quantitative estimate of drug-likeness (QED) is 0.838. The lowest BCUT2D eigenvalue weighted by molar-refractivity contribution is 0.500. The van der Waals surface area contributed by atoms with Gasteiger partial charge in [0, 0.05) is 11.1 Å². The Morgan fingerprint density at radius 2 is 2.12 bits per heavy atom. The molecule has 1 aromatic rings. The lowest BCUT2D eigenvalue weighted by Gasteiger charge is -2.18. The minimum Gasteiger partial charge on any atom is -0.310 e. The minimum atomic E-state index is -0.290. The second kappa shape index (κ2) is 7.24. The summed E-state index contributed by atoms with van der Waals surface area (Å²) in [7, 11) is 0. The van der Waals surface area contributed by atoms with Crippen molar-refractivity contribution in [2.24, 2.45) is 5.92 Å². The molecule has 96 valence electrons. The van der Waals surface area contributed by atoms with Gasteiger partial charge < -0.3 is 5.32 Å². The number of rotatable bonds is 6. The number of benzene rings is 1. The highest BCUT2D eigenvalue weighted by Crippen LogP contribution is 2.23. The zero-order valence-corrected chi connectivity index (χ0v) is 12.0. The van der Waals surface area contributed by atoms with E-state index in [4.69, 9.17) is 11.6 Å². The van der Waals surface area contributed by atoms with E-state index in [1.54, 1.807) is 6.07 Å². The first-order chi connectivity index (χ1) is 8.04. The van der Waals surface area contributed by atoms with Gasteiger partial charge in [0.15, 0.2) is 0 Å². The van der Waals surface area contributed by atoms with Crippen LogP contribution >= 0.6 is 23.4 Å². The summed E-state index contributed by atoms with van der Waals surface area (Å²) < 4.78 is 12.9. The highest BCUT2D eigenvalue weighted by Gasteiger charge is 2.11. The third-order valence-electron chi connectivity index (χ3n) is 2.65. The molecule has 0 spiro atoms. The topological polar surface area (TPSA) is 12.0 Å². The molecule has 1 rings (SSSR count). The fourth-order valence-electron chi connectivity index (χ4n) is 1.68. The molecule has 0 bridgehead atoms. The Morgan fingerprint density at radius 3 is 2.71 bits per heavy atom. The number of nitrogens with one attached hydrogen (secondary N) is 1. The SMILES string of the molecule is CSCC(C)CNC(C)c1ccc(F)cc1Cl. The average molecular weight is 276 g/mol. The standard InChI is InChI=1S/C13H19ClFNS/c1-9(8-17-3)7-16-10(2)12-5-4-11(15)6-13(12)14/h4-6,9-10,16H,7-8H2,1-3H3. The minimum absolute atomic E-state index is 0.146. The summed E-state index contributed by atoms with van der Waals surface area (Å²) in [6.45, 7) is 5.20. The van der Waals surface area contributed by atoms with E-state index >= 15 is 0 Å². The van der Waals surface area contributed by atoms with Crippen LogP contribution in [0.25, 0.3) is 0 Å². The van der Waals surface area contributed by atoms with Gasteiger partial charge in [-0.15, -0.1) is 0 Å². The predicted octanol–water partition coefficient (Wildman–Crippen LogP) is 4.13. The van der Waals surface area contributed by atoms with Gasteiger partial charge in [-0.1, -0.05) is 24.6 Å². The van der Waals surface area contributed by atoms with Crippen LogP contribution in [0.4, 0.5) is 4.39 Å². The van der Waals surface area contributed by atoms with Gasteiger partial charge in [0.2, 0.25) is 0 Å². The molecule has 0 saturated heterocycles. The molecule has 1 nitrogen and oxygen atoms in total. The van der Waals surface area contributed by atoms with Crippen LogP contribution in [0.1, 0.15) is 25.5 Å². The Bertz CT molecular complexity index is 359. The van der Waals surface area contributed by atoms with Crippen molar-refractivity contribution in [3.63, 3.8) is 0 Å². The first kappa shape index (κ1) is 14.8. The zero-order valence-electron chi connectivity index (χ0n) is 10.5. The molecule has 0 aliphatic carbocycles. The van der Waals surface area contributed by atoms with E-state index in [9.17, 15) is 4.39 Å². The fourth-order valence-corrected chi connectivity index (χ4v) is 2.70. The van der Waals surface area contributed by atoms with Crippen LogP contribution in [0, 0.1) is 11.7 Å². The van der Waals surface area contributed by atoms with E-state index in [0.717, 1.165) is 17.9 Å². The number of hydrogen-bond acceptors (Lipinski definition) is 2. The van der Waals surface area contributed by atoms with Crippen LogP contribution in [0.5, 0.6) is 0 Å². The van der Waals surface area contributed by atoms with Crippen LogP contribution in [-0.4, -0.2) is 18.6 Å². The molecule has 1 aromatic carbocycles. The summed E-state index contributed by atoms with van der Waals surface area (Å²) in [5, 5.41) is 3.91. The Hall–Kier alpha value is -0.250. The van der Waals surface area contributed by atoms with E-state index in [1.807, 2.05) is 18.7 Å². The summed E-state index contributed by atoms with van der Waals surface area (Å²) in [6.07, 6.45) is 2.11. The maximum Gasteiger partial charge on any atom is 0.124 e. The van der Waals surface area contributed by atoms with Crippen LogP contribution in [-0.2, 0) is 0 Å². The number of hydrogen-bond donors (Lipinski definition) is 1. The van der Waals surface area contributed by atoms with Gasteiger partial charge in [-0.05, 0) is 49.1 Å². The zero-order chi connectivity index (χ0) is 12.8. The molecule has 0 heterocycles. The first-order valence-electron chi connectivity index (χ1n) is 5.72. The molecule has 0 saturated carbocycles. The van der Waals surface area contributed by atoms with Gasteiger partial charge in [0.25, 0.3) is 0 Å². The number of thioether (sulfide) groups is 1. The Labute approximate surface area is 112 Å². The lowest BCUT2D eigenvalue weighted by Crippen LogP contribution is -2.25. The lowest BCUT2D eigenvalue weighted by atomic mass is 10.1. The van der Waals surface area contributed by atoms with E-state index in [1.165, 1.54) is 12.1 Å². The van der Waals surface area contributed by atoms with Crippen LogP contribution in [0.3, 0.4) is 0 Å². The third-order valence-corrected chi connectivity index (χ3v) is 3.88. The third kappa shape index (κ3) is 4.86. The van der Waals surface area contributed by atoms with Crippen molar-refractivity contribution in [1.82, 2.24) is 5.32 Å². The van der Waals surface area contributed by atoms with Crippen molar-refractivity contribution in [1.29, 1.82) is 0 Å². The summed E-state index contributed by atoms with van der Waals surface area (Å²) in [5.74, 6) is 1.46. The van der Waals surface area contributed by atoms with Gasteiger partial charge in [0.1, 0.15) is 5.82 Å². The molecular formula is C13H19ClFNS. The summed E-state index contributed by atoms with van der Waals surface area (Å²) in [4.78, 5) is 0. The van der Waals surface area contributed by atoms with E-state index in [0.29, 0.717) is 10.9 Å². The van der Waals surface area contributed by atoms with Crippen molar-refractivity contribution in [2.45, 2.75) is 19.9 Å². The molecule has 2 unspecified atom stereocenters. The molecule has 0 radical (unpaired) electrons. The highest BCUT2D eigenvalue weighted by molar-refractivity contribution is 7.98. The van der Waals surface area contributed by atoms with Crippen molar-refractivity contribution in [3.05, 3.63) is 34.6 Å². The highest BCUT2D eigenvalue weighted by atomic mass is 35.5. The second-order valence-corrected chi connectivity index (χ2v) is 5.67. The summed E-state index contributed by atoms with van der Waals surface area (Å²) in [5.41, 5.74) is 0.949. The van der Waals surface area contributed by atoms with Crippen molar-refractivity contribution < 1.29 is 4.39 Å². The molecule has 0 aliphatic rings. The molecule has 17 heavy (non-hydrogen) atoms. The maximum atomic E-state index is 12.9. The molecular weight excluding hydrogens is 257 g/mol. The van der Waals surface area contributed by atoms with Gasteiger partial charge in [-0.3, -0.25) is 0 Å². The Balaban J connectivity index is 2.54. The second-order valence-electron chi connectivity index (χ2n) is 4.36. The van der Waals surface area contributed by atoms with Gasteiger partial charge in [-0.25, -0.2) is 4.39 Å². The molecule has 0 fully saturated rings. The van der Waals surface area contributed by atoms with Crippen LogP contribution < -0.4 is 5.32 Å². The Kier molecular flexibility index (Phi) is 6.31. The van der Waals surface area contributed by atoms with E-state index < -0.39 is 0 Å². The summed E-state index contributed by atoms with van der Waals surface area (Å²) in [6, 6.07) is 4.70. The van der Waals surface area contributed by atoms with Gasteiger partial charge in [-0.2, -0.15) is 11.8 Å². The van der Waals surface area contributed by atoms with Crippen LogP contribution in [0.15, 0.2) is 18.2 Å². The van der Waals surface area contributed by atoms with Crippen molar-refractivity contribution in [2.75, 3.05) is 18.6 Å². The van der Waals surface area contributed by atoms with E-state index in [-0.39, 0.29) is 11.9 Å². The maximum absolute atomic E-state index is 12.9. The first-order valence-corrected chi connectivity index (χ1v) is 7.49. The largest absolute Gasteiger partial charge is 0.310 e. The molecule has 2 atom stereocenters. The molecule has 0 aromatic heterocycles. The fraction of sp³-hybridized carbons (Fsp3) is 0.538. The Morgan fingerprint density at radius 1 is 1.41 bits per heavy atom. The van der Waals surface area contributed by atoms with Crippen molar-refractivity contribution in [3.8, 4) is 0 Å². The number of halogens is 2. The van der Waals surface area contributed by atoms with Gasteiger partial charge >= 0.3 is 0 Å². The molecule has 4 heteroatoms. The normalized spacial score (nSPS) is 14.6.